The summed E-state index contributed by atoms with van der Waals surface area (Å²) in [5, 5.41) is 9.18. The first-order valence-corrected chi connectivity index (χ1v) is 4.63. The summed E-state index contributed by atoms with van der Waals surface area (Å²) in [4.78, 5) is 0. The third kappa shape index (κ3) is 1.41. The molecule has 2 aromatic rings. The number of fused-ring (bicyclic) bond motifs is 1. The SMILES string of the molecule is CCc1cnnc2cc(OC)ccc12. The standard InChI is InChI=1S/C11H12N2O/c1-3-8-7-12-13-11-6-9(14-2)4-5-10(8)11/h4-7H,3H2,1-2H3. The summed E-state index contributed by atoms with van der Waals surface area (Å²) in [5.41, 5.74) is 2.11. The topological polar surface area (TPSA) is 35.0 Å². The average molecular weight is 188 g/mol. The van der Waals surface area contributed by atoms with E-state index in [0.29, 0.717) is 0 Å². The van der Waals surface area contributed by atoms with Crippen molar-refractivity contribution >= 4 is 10.9 Å². The lowest BCUT2D eigenvalue weighted by molar-refractivity contribution is 0.415. The van der Waals surface area contributed by atoms with Crippen LogP contribution in [0, 0.1) is 0 Å². The Balaban J connectivity index is 2.67. The van der Waals surface area contributed by atoms with Gasteiger partial charge in [0.05, 0.1) is 18.8 Å². The van der Waals surface area contributed by atoms with Crippen molar-refractivity contribution in [1.82, 2.24) is 10.2 Å². The van der Waals surface area contributed by atoms with Crippen LogP contribution < -0.4 is 4.74 Å². The minimum atomic E-state index is 0.819. The number of methoxy groups -OCH3 is 1. The van der Waals surface area contributed by atoms with E-state index in [1.165, 1.54) is 5.56 Å². The van der Waals surface area contributed by atoms with Gasteiger partial charge in [-0.25, -0.2) is 0 Å². The second-order valence-corrected chi connectivity index (χ2v) is 3.11. The van der Waals surface area contributed by atoms with Crippen LogP contribution in [0.15, 0.2) is 24.4 Å². The van der Waals surface area contributed by atoms with Crippen LogP contribution in [0.5, 0.6) is 5.75 Å². The maximum Gasteiger partial charge on any atom is 0.121 e. The summed E-state index contributed by atoms with van der Waals surface area (Å²) in [5.74, 6) is 0.819. The van der Waals surface area contributed by atoms with Crippen LogP contribution in [0.25, 0.3) is 10.9 Å². The molecule has 0 spiro atoms. The monoisotopic (exact) mass is 188 g/mol. The zero-order valence-electron chi connectivity index (χ0n) is 8.32. The molecule has 0 atom stereocenters. The second-order valence-electron chi connectivity index (χ2n) is 3.11. The Bertz CT molecular complexity index is 454. The average Bonchev–Trinajstić information content (AvgIpc) is 2.27. The van der Waals surface area contributed by atoms with E-state index < -0.39 is 0 Å². The molecule has 0 saturated carbocycles. The molecule has 0 saturated heterocycles. The van der Waals surface area contributed by atoms with E-state index in [2.05, 4.69) is 17.1 Å². The molecule has 0 fully saturated rings. The van der Waals surface area contributed by atoms with Gasteiger partial charge in [-0.2, -0.15) is 10.2 Å². The van der Waals surface area contributed by atoms with Crippen LogP contribution in [0.4, 0.5) is 0 Å². The van der Waals surface area contributed by atoms with Gasteiger partial charge in [0, 0.05) is 11.5 Å². The van der Waals surface area contributed by atoms with Gasteiger partial charge in [-0.3, -0.25) is 0 Å². The predicted molar refractivity (Wildman–Crippen MR) is 55.5 cm³/mol. The van der Waals surface area contributed by atoms with Gasteiger partial charge < -0.3 is 4.74 Å². The van der Waals surface area contributed by atoms with Crippen molar-refractivity contribution in [3.63, 3.8) is 0 Å². The molecule has 72 valence electrons. The Morgan fingerprint density at radius 2 is 2.21 bits per heavy atom. The number of aromatic nitrogens is 2. The Hall–Kier alpha value is -1.64. The van der Waals surface area contributed by atoms with Gasteiger partial charge in [0.15, 0.2) is 0 Å². The van der Waals surface area contributed by atoms with Crippen LogP contribution in [-0.4, -0.2) is 17.3 Å². The fourth-order valence-electron chi connectivity index (χ4n) is 1.50. The zero-order valence-corrected chi connectivity index (χ0v) is 8.32. The molecule has 1 heterocycles. The van der Waals surface area contributed by atoms with Crippen molar-refractivity contribution in [2.24, 2.45) is 0 Å². The van der Waals surface area contributed by atoms with Gasteiger partial charge in [0.2, 0.25) is 0 Å². The number of aryl methyl sites for hydroxylation is 1. The largest absolute Gasteiger partial charge is 0.497 e. The highest BCUT2D eigenvalue weighted by Crippen LogP contribution is 2.21. The number of hydrogen-bond donors (Lipinski definition) is 0. The van der Waals surface area contributed by atoms with E-state index in [0.717, 1.165) is 23.1 Å². The van der Waals surface area contributed by atoms with Crippen molar-refractivity contribution in [1.29, 1.82) is 0 Å². The number of ether oxygens (including phenoxy) is 1. The highest BCUT2D eigenvalue weighted by Gasteiger charge is 2.02. The van der Waals surface area contributed by atoms with E-state index in [-0.39, 0.29) is 0 Å². The molecule has 1 aromatic carbocycles. The molecule has 0 aliphatic heterocycles. The number of rotatable bonds is 2. The predicted octanol–water partition coefficient (Wildman–Crippen LogP) is 2.20. The molecule has 0 bridgehead atoms. The molecule has 0 unspecified atom stereocenters. The van der Waals surface area contributed by atoms with E-state index in [1.54, 1.807) is 7.11 Å². The summed E-state index contributed by atoms with van der Waals surface area (Å²) < 4.78 is 5.13. The number of nitrogens with zero attached hydrogens (tertiary/aromatic N) is 2. The van der Waals surface area contributed by atoms with E-state index in [4.69, 9.17) is 4.74 Å². The van der Waals surface area contributed by atoms with Gasteiger partial charge in [0.1, 0.15) is 5.75 Å². The molecule has 3 heteroatoms. The smallest absolute Gasteiger partial charge is 0.121 e. The lowest BCUT2D eigenvalue weighted by Crippen LogP contribution is -1.91. The minimum absolute atomic E-state index is 0.819. The van der Waals surface area contributed by atoms with Crippen LogP contribution in [0.3, 0.4) is 0 Å². The first kappa shape index (κ1) is 8.94. The first-order valence-electron chi connectivity index (χ1n) is 4.63. The summed E-state index contributed by atoms with van der Waals surface area (Å²) >= 11 is 0. The van der Waals surface area contributed by atoms with E-state index >= 15 is 0 Å². The fraction of sp³-hybridized carbons (Fsp3) is 0.273. The van der Waals surface area contributed by atoms with Crippen LogP contribution in [0.2, 0.25) is 0 Å². The Labute approximate surface area is 82.7 Å². The maximum atomic E-state index is 5.13. The second kappa shape index (κ2) is 3.62. The molecule has 1 aromatic heterocycles. The zero-order chi connectivity index (χ0) is 9.97. The summed E-state index contributed by atoms with van der Waals surface area (Å²) in [6.07, 6.45) is 2.78. The number of hydrogen-bond acceptors (Lipinski definition) is 3. The highest BCUT2D eigenvalue weighted by atomic mass is 16.5. The minimum Gasteiger partial charge on any atom is -0.497 e. The molecular formula is C11H12N2O. The van der Waals surface area contributed by atoms with Crippen molar-refractivity contribution < 1.29 is 4.74 Å². The van der Waals surface area contributed by atoms with Gasteiger partial charge in [-0.15, -0.1) is 0 Å². The van der Waals surface area contributed by atoms with Crippen molar-refractivity contribution in [2.75, 3.05) is 7.11 Å². The van der Waals surface area contributed by atoms with Gasteiger partial charge in [0.25, 0.3) is 0 Å². The van der Waals surface area contributed by atoms with E-state index in [9.17, 15) is 0 Å². The summed E-state index contributed by atoms with van der Waals surface area (Å²) in [7, 11) is 1.65. The lowest BCUT2D eigenvalue weighted by Gasteiger charge is -2.04. The Kier molecular flexibility index (Phi) is 2.31. The Morgan fingerprint density at radius 3 is 2.93 bits per heavy atom. The molecule has 3 nitrogen and oxygen atoms in total. The third-order valence-corrected chi connectivity index (χ3v) is 2.31. The van der Waals surface area contributed by atoms with E-state index in [1.807, 2.05) is 24.4 Å². The van der Waals surface area contributed by atoms with Crippen LogP contribution in [0.1, 0.15) is 12.5 Å². The molecule has 2 rings (SSSR count). The maximum absolute atomic E-state index is 5.13. The van der Waals surface area contributed by atoms with Crippen molar-refractivity contribution in [3.8, 4) is 5.75 Å². The lowest BCUT2D eigenvalue weighted by atomic mass is 10.1. The first-order chi connectivity index (χ1) is 6.85. The number of benzene rings is 1. The summed E-state index contributed by atoms with van der Waals surface area (Å²) in [6, 6.07) is 5.88. The summed E-state index contributed by atoms with van der Waals surface area (Å²) in [6.45, 7) is 2.11. The van der Waals surface area contributed by atoms with Crippen LogP contribution in [-0.2, 0) is 6.42 Å². The molecule has 0 amide bonds. The quantitative estimate of drug-likeness (QED) is 0.724. The molecule has 14 heavy (non-hydrogen) atoms. The Morgan fingerprint density at radius 1 is 1.36 bits per heavy atom. The molecule has 0 aliphatic rings. The fourth-order valence-corrected chi connectivity index (χ4v) is 1.50. The van der Waals surface area contributed by atoms with Gasteiger partial charge in [-0.1, -0.05) is 6.92 Å². The molecule has 0 aliphatic carbocycles. The van der Waals surface area contributed by atoms with Gasteiger partial charge >= 0.3 is 0 Å². The van der Waals surface area contributed by atoms with Gasteiger partial charge in [-0.05, 0) is 24.1 Å². The van der Waals surface area contributed by atoms with Crippen LogP contribution >= 0.6 is 0 Å². The van der Waals surface area contributed by atoms with Crippen molar-refractivity contribution in [3.05, 3.63) is 30.0 Å². The molecular weight excluding hydrogens is 176 g/mol. The third-order valence-electron chi connectivity index (χ3n) is 2.31. The molecule has 0 N–H and O–H groups in total. The highest BCUT2D eigenvalue weighted by molar-refractivity contribution is 5.82. The van der Waals surface area contributed by atoms with Crippen molar-refractivity contribution in [2.45, 2.75) is 13.3 Å². The normalized spacial score (nSPS) is 10.4. The molecule has 0 radical (unpaired) electrons.